The number of nitrogens with one attached hydrogen (secondary N) is 1. The molecule has 0 spiro atoms. The van der Waals surface area contributed by atoms with Gasteiger partial charge in [0.05, 0.1) is 6.04 Å². The van der Waals surface area contributed by atoms with Crippen LogP contribution in [0.1, 0.15) is 37.7 Å². The Morgan fingerprint density at radius 2 is 2.20 bits per heavy atom. The maximum absolute atomic E-state index is 6.17. The van der Waals surface area contributed by atoms with Gasteiger partial charge in [0.15, 0.2) is 0 Å². The lowest BCUT2D eigenvalue weighted by Gasteiger charge is -2.21. The van der Waals surface area contributed by atoms with Crippen LogP contribution in [-0.4, -0.2) is 16.1 Å². The Morgan fingerprint density at radius 1 is 1.40 bits per heavy atom. The third kappa shape index (κ3) is 3.54. The second kappa shape index (κ2) is 7.43. The predicted molar refractivity (Wildman–Crippen MR) is 92.2 cm³/mol. The number of nitrogens with zero attached hydrogens (tertiary/aromatic N) is 2. The summed E-state index contributed by atoms with van der Waals surface area (Å²) in [5, 5.41) is 4.35. The van der Waals surface area contributed by atoms with Gasteiger partial charge < -0.3 is 9.88 Å². The molecule has 5 heteroatoms. The van der Waals surface area contributed by atoms with Gasteiger partial charge in [0.2, 0.25) is 0 Å². The Balaban J connectivity index is 2.44. The highest BCUT2D eigenvalue weighted by Crippen LogP contribution is 2.28. The molecule has 0 fully saturated rings. The zero-order valence-corrected chi connectivity index (χ0v) is 14.6. The Hall–Kier alpha value is -0.590. The molecule has 1 aromatic carbocycles. The van der Waals surface area contributed by atoms with Crippen molar-refractivity contribution in [2.45, 2.75) is 32.9 Å². The van der Waals surface area contributed by atoms with E-state index >= 15 is 0 Å². The van der Waals surface area contributed by atoms with Crippen LogP contribution in [0.2, 0.25) is 5.02 Å². The van der Waals surface area contributed by atoms with E-state index in [0.29, 0.717) is 0 Å². The summed E-state index contributed by atoms with van der Waals surface area (Å²) in [6.45, 7) is 6.16. The van der Waals surface area contributed by atoms with Gasteiger partial charge >= 0.3 is 0 Å². The molecule has 1 N–H and O–H groups in total. The number of hydrogen-bond acceptors (Lipinski definition) is 2. The average Bonchev–Trinajstić information content (AvgIpc) is 2.91. The van der Waals surface area contributed by atoms with Gasteiger partial charge in [-0.2, -0.15) is 0 Å². The maximum atomic E-state index is 6.17. The first-order chi connectivity index (χ1) is 9.67. The van der Waals surface area contributed by atoms with Crippen LogP contribution in [-0.2, 0) is 6.54 Å². The SMILES string of the molecule is CCCNC(c1cc(Cl)ccc1I)c1nccn1CC. The number of halogens is 2. The van der Waals surface area contributed by atoms with Gasteiger partial charge in [-0.25, -0.2) is 4.98 Å². The second-order valence-corrected chi connectivity index (χ2v) is 6.22. The lowest BCUT2D eigenvalue weighted by Crippen LogP contribution is -2.27. The standard InChI is InChI=1S/C15H19ClIN3/c1-3-7-18-14(15-19-8-9-20(15)4-2)12-10-11(16)5-6-13(12)17/h5-6,8-10,14,18H,3-4,7H2,1-2H3. The molecule has 1 aromatic heterocycles. The minimum absolute atomic E-state index is 0.0792. The summed E-state index contributed by atoms with van der Waals surface area (Å²) < 4.78 is 3.37. The van der Waals surface area contributed by atoms with Crippen LogP contribution < -0.4 is 5.32 Å². The largest absolute Gasteiger partial charge is 0.334 e. The molecule has 0 aliphatic heterocycles. The third-order valence-corrected chi connectivity index (χ3v) is 4.43. The molecule has 0 radical (unpaired) electrons. The first-order valence-electron chi connectivity index (χ1n) is 6.86. The van der Waals surface area contributed by atoms with Gasteiger partial charge in [-0.05, 0) is 66.2 Å². The van der Waals surface area contributed by atoms with Gasteiger partial charge in [-0.1, -0.05) is 18.5 Å². The highest BCUT2D eigenvalue weighted by atomic mass is 127. The molecule has 0 saturated carbocycles. The first kappa shape index (κ1) is 15.8. The molecular formula is C15H19ClIN3. The summed E-state index contributed by atoms with van der Waals surface area (Å²) in [4.78, 5) is 4.54. The van der Waals surface area contributed by atoms with Crippen molar-refractivity contribution in [2.75, 3.05) is 6.54 Å². The number of imidazole rings is 1. The molecule has 0 amide bonds. The van der Waals surface area contributed by atoms with Crippen molar-refractivity contribution < 1.29 is 0 Å². The van der Waals surface area contributed by atoms with E-state index in [4.69, 9.17) is 11.6 Å². The molecular weight excluding hydrogens is 385 g/mol. The molecule has 0 aliphatic carbocycles. The van der Waals surface area contributed by atoms with Crippen LogP contribution in [0.15, 0.2) is 30.6 Å². The molecule has 2 rings (SSSR count). The number of aromatic nitrogens is 2. The smallest absolute Gasteiger partial charge is 0.130 e. The van der Waals surface area contributed by atoms with Gasteiger partial charge in [0, 0.05) is 27.5 Å². The van der Waals surface area contributed by atoms with Gasteiger partial charge in [-0.15, -0.1) is 0 Å². The van der Waals surface area contributed by atoms with Crippen molar-refractivity contribution in [3.8, 4) is 0 Å². The highest BCUT2D eigenvalue weighted by Gasteiger charge is 2.20. The normalized spacial score (nSPS) is 12.6. The van der Waals surface area contributed by atoms with Crippen LogP contribution in [0, 0.1) is 3.57 Å². The zero-order chi connectivity index (χ0) is 14.5. The van der Waals surface area contributed by atoms with E-state index in [9.17, 15) is 0 Å². The number of aryl methyl sites for hydroxylation is 1. The molecule has 20 heavy (non-hydrogen) atoms. The van der Waals surface area contributed by atoms with Crippen molar-refractivity contribution in [3.05, 3.63) is 50.6 Å². The van der Waals surface area contributed by atoms with Crippen LogP contribution in [0.25, 0.3) is 0 Å². The molecule has 2 aromatic rings. The number of hydrogen-bond donors (Lipinski definition) is 1. The topological polar surface area (TPSA) is 29.9 Å². The molecule has 1 unspecified atom stereocenters. The van der Waals surface area contributed by atoms with Crippen molar-refractivity contribution in [1.82, 2.24) is 14.9 Å². The summed E-state index contributed by atoms with van der Waals surface area (Å²) in [7, 11) is 0. The fourth-order valence-electron chi connectivity index (χ4n) is 2.21. The van der Waals surface area contributed by atoms with Gasteiger partial charge in [-0.3, -0.25) is 0 Å². The summed E-state index contributed by atoms with van der Waals surface area (Å²) in [5.41, 5.74) is 1.19. The summed E-state index contributed by atoms with van der Waals surface area (Å²) in [6, 6.07) is 6.09. The minimum atomic E-state index is 0.0792. The lowest BCUT2D eigenvalue weighted by molar-refractivity contribution is 0.540. The minimum Gasteiger partial charge on any atom is -0.334 e. The van der Waals surface area contributed by atoms with Crippen LogP contribution in [0.5, 0.6) is 0 Å². The third-order valence-electron chi connectivity index (χ3n) is 3.21. The van der Waals surface area contributed by atoms with Crippen LogP contribution in [0.4, 0.5) is 0 Å². The van der Waals surface area contributed by atoms with Crippen molar-refractivity contribution in [3.63, 3.8) is 0 Å². The molecule has 0 bridgehead atoms. The molecule has 108 valence electrons. The summed E-state index contributed by atoms with van der Waals surface area (Å²) in [5.74, 6) is 1.04. The van der Waals surface area contributed by atoms with Crippen LogP contribution >= 0.6 is 34.2 Å². The Kier molecular flexibility index (Phi) is 5.86. The summed E-state index contributed by atoms with van der Waals surface area (Å²) in [6.07, 6.45) is 4.96. The monoisotopic (exact) mass is 403 g/mol. The molecule has 1 atom stereocenters. The predicted octanol–water partition coefficient (Wildman–Crippen LogP) is 4.25. The maximum Gasteiger partial charge on any atom is 0.130 e. The Morgan fingerprint density at radius 3 is 2.90 bits per heavy atom. The quantitative estimate of drug-likeness (QED) is 0.731. The van der Waals surface area contributed by atoms with Gasteiger partial charge in [0.1, 0.15) is 5.82 Å². The van der Waals surface area contributed by atoms with Crippen molar-refractivity contribution in [2.24, 2.45) is 0 Å². The molecule has 0 aliphatic rings. The van der Waals surface area contributed by atoms with E-state index < -0.39 is 0 Å². The van der Waals surface area contributed by atoms with Crippen LogP contribution in [0.3, 0.4) is 0 Å². The highest BCUT2D eigenvalue weighted by molar-refractivity contribution is 14.1. The molecule has 3 nitrogen and oxygen atoms in total. The van der Waals surface area contributed by atoms with E-state index in [1.807, 2.05) is 24.5 Å². The Labute approximate surface area is 138 Å². The summed E-state index contributed by atoms with van der Waals surface area (Å²) >= 11 is 8.53. The second-order valence-electron chi connectivity index (χ2n) is 4.62. The fraction of sp³-hybridized carbons (Fsp3) is 0.400. The van der Waals surface area contributed by atoms with E-state index in [-0.39, 0.29) is 6.04 Å². The van der Waals surface area contributed by atoms with Crippen molar-refractivity contribution in [1.29, 1.82) is 0 Å². The fourth-order valence-corrected chi connectivity index (χ4v) is 3.04. The Bertz CT molecular complexity index is 568. The first-order valence-corrected chi connectivity index (χ1v) is 8.32. The lowest BCUT2D eigenvalue weighted by atomic mass is 10.1. The van der Waals surface area contributed by atoms with Gasteiger partial charge in [0.25, 0.3) is 0 Å². The van der Waals surface area contributed by atoms with E-state index in [1.54, 1.807) is 0 Å². The van der Waals surface area contributed by atoms with E-state index in [1.165, 1.54) is 9.13 Å². The molecule has 1 heterocycles. The molecule has 0 saturated heterocycles. The van der Waals surface area contributed by atoms with E-state index in [0.717, 1.165) is 30.4 Å². The number of rotatable bonds is 6. The zero-order valence-electron chi connectivity index (χ0n) is 11.7. The number of benzene rings is 1. The van der Waals surface area contributed by atoms with Crippen molar-refractivity contribution >= 4 is 34.2 Å². The van der Waals surface area contributed by atoms with E-state index in [2.05, 4.69) is 57.4 Å². The average molecular weight is 404 g/mol.